The minimum atomic E-state index is -1.19. The molecule has 41 heavy (non-hydrogen) atoms. The van der Waals surface area contributed by atoms with Gasteiger partial charge in [0, 0.05) is 18.3 Å². The Morgan fingerprint density at radius 3 is 2.24 bits per heavy atom. The Labute approximate surface area is 241 Å². The van der Waals surface area contributed by atoms with E-state index in [1.165, 1.54) is 0 Å². The monoisotopic (exact) mass is 560 g/mol. The molecule has 1 aliphatic rings. The fourth-order valence-corrected chi connectivity index (χ4v) is 5.00. The summed E-state index contributed by atoms with van der Waals surface area (Å²) in [7, 11) is 0. The summed E-state index contributed by atoms with van der Waals surface area (Å²) in [5.74, 6) is -0.769. The van der Waals surface area contributed by atoms with Gasteiger partial charge in [-0.15, -0.1) is 0 Å². The van der Waals surface area contributed by atoms with Gasteiger partial charge < -0.3 is 30.6 Å². The van der Waals surface area contributed by atoms with Crippen LogP contribution in [-0.4, -0.2) is 62.4 Å². The SMILES string of the molecule is CC1CCC(C)N1C(=O)C(c1ccccc1)n1cnc(NC(=O)[C@@H](COCc2ccccc2)NC(=O)C(C)(C)N)c1. The Kier molecular flexibility index (Phi) is 9.57. The number of benzene rings is 2. The van der Waals surface area contributed by atoms with Gasteiger partial charge in [-0.1, -0.05) is 60.7 Å². The number of carbonyl (C=O) groups excluding carboxylic acids is 3. The first-order chi connectivity index (χ1) is 19.5. The number of rotatable bonds is 11. The summed E-state index contributed by atoms with van der Waals surface area (Å²) < 4.78 is 7.49. The van der Waals surface area contributed by atoms with Crippen molar-refractivity contribution in [1.82, 2.24) is 19.8 Å². The Hall–Kier alpha value is -4.02. The molecule has 2 aromatic carbocycles. The molecule has 1 aromatic heterocycles. The molecule has 0 radical (unpaired) electrons. The summed E-state index contributed by atoms with van der Waals surface area (Å²) in [5, 5.41) is 5.46. The van der Waals surface area contributed by atoms with Crippen LogP contribution in [0.2, 0.25) is 0 Å². The lowest BCUT2D eigenvalue weighted by Gasteiger charge is -2.31. The molecule has 10 heteroatoms. The van der Waals surface area contributed by atoms with E-state index >= 15 is 0 Å². The van der Waals surface area contributed by atoms with Gasteiger partial charge in [0.1, 0.15) is 12.1 Å². The molecule has 3 unspecified atom stereocenters. The van der Waals surface area contributed by atoms with Crippen LogP contribution in [0.4, 0.5) is 5.82 Å². The minimum Gasteiger partial charge on any atom is -0.374 e. The Bertz CT molecular complexity index is 1310. The van der Waals surface area contributed by atoms with Crippen molar-refractivity contribution >= 4 is 23.5 Å². The van der Waals surface area contributed by atoms with Gasteiger partial charge >= 0.3 is 0 Å². The number of nitrogens with two attached hydrogens (primary N) is 1. The highest BCUT2D eigenvalue weighted by atomic mass is 16.5. The van der Waals surface area contributed by atoms with Crippen LogP contribution in [0.5, 0.6) is 0 Å². The highest BCUT2D eigenvalue weighted by Crippen LogP contribution is 2.30. The van der Waals surface area contributed by atoms with Crippen LogP contribution in [0.1, 0.15) is 57.7 Å². The number of carbonyl (C=O) groups is 3. The van der Waals surface area contributed by atoms with Gasteiger partial charge in [-0.2, -0.15) is 0 Å². The summed E-state index contributed by atoms with van der Waals surface area (Å²) in [6.07, 6.45) is 5.09. The van der Waals surface area contributed by atoms with E-state index in [4.69, 9.17) is 10.5 Å². The second kappa shape index (κ2) is 13.1. The molecule has 1 fully saturated rings. The first kappa shape index (κ1) is 30.0. The number of imidazole rings is 1. The lowest BCUT2D eigenvalue weighted by Crippen LogP contribution is -2.56. The first-order valence-electron chi connectivity index (χ1n) is 14.0. The zero-order valence-corrected chi connectivity index (χ0v) is 24.1. The molecular formula is C31H40N6O4. The van der Waals surface area contributed by atoms with Gasteiger partial charge in [-0.3, -0.25) is 14.4 Å². The van der Waals surface area contributed by atoms with Crippen LogP contribution >= 0.6 is 0 Å². The predicted molar refractivity (Wildman–Crippen MR) is 157 cm³/mol. The normalized spacial score (nSPS) is 18.5. The third kappa shape index (κ3) is 7.59. The van der Waals surface area contributed by atoms with E-state index in [0.29, 0.717) is 0 Å². The van der Waals surface area contributed by atoms with Crippen molar-refractivity contribution in [2.75, 3.05) is 11.9 Å². The van der Waals surface area contributed by atoms with Gasteiger partial charge in [-0.25, -0.2) is 4.98 Å². The van der Waals surface area contributed by atoms with E-state index in [1.807, 2.05) is 65.6 Å². The molecule has 3 aromatic rings. The van der Waals surface area contributed by atoms with Crippen molar-refractivity contribution < 1.29 is 19.1 Å². The Morgan fingerprint density at radius 2 is 1.63 bits per heavy atom. The second-order valence-electron chi connectivity index (χ2n) is 11.3. The molecule has 0 saturated carbocycles. The average molecular weight is 561 g/mol. The fourth-order valence-electron chi connectivity index (χ4n) is 5.00. The standard InChI is InChI=1S/C31H40N6O4/c1-21-15-16-22(2)37(21)29(39)27(24-13-9-6-10-14-24)36-17-26(33-20-36)35-28(38)25(34-30(40)31(3,4)32)19-41-18-23-11-7-5-8-12-23/h5-14,17,20-22,25,27H,15-16,18-19,32H2,1-4H3,(H,34,40)(H,35,38)/t21?,22?,25-,27?/m1/s1. The quantitative estimate of drug-likeness (QED) is 0.330. The number of amides is 3. The van der Waals surface area contributed by atoms with Crippen molar-refractivity contribution in [3.05, 3.63) is 84.3 Å². The minimum absolute atomic E-state index is 0.0198. The van der Waals surface area contributed by atoms with Crippen molar-refractivity contribution in [3.63, 3.8) is 0 Å². The van der Waals surface area contributed by atoms with Crippen LogP contribution in [-0.2, 0) is 25.7 Å². The van der Waals surface area contributed by atoms with E-state index in [2.05, 4.69) is 29.5 Å². The maximum atomic E-state index is 13.9. The van der Waals surface area contributed by atoms with Crippen LogP contribution in [0.15, 0.2) is 73.2 Å². The van der Waals surface area contributed by atoms with Gasteiger partial charge in [0.15, 0.2) is 5.82 Å². The summed E-state index contributed by atoms with van der Waals surface area (Å²) in [6.45, 7) is 7.47. The van der Waals surface area contributed by atoms with Crippen molar-refractivity contribution in [2.24, 2.45) is 5.73 Å². The van der Waals surface area contributed by atoms with E-state index < -0.39 is 29.4 Å². The van der Waals surface area contributed by atoms with Crippen molar-refractivity contribution in [2.45, 2.75) is 76.8 Å². The summed E-state index contributed by atoms with van der Waals surface area (Å²) in [4.78, 5) is 46.1. The van der Waals surface area contributed by atoms with Crippen LogP contribution in [0.3, 0.4) is 0 Å². The van der Waals surface area contributed by atoms with Crippen molar-refractivity contribution in [3.8, 4) is 0 Å². The molecule has 2 heterocycles. The molecule has 4 rings (SSSR count). The highest BCUT2D eigenvalue weighted by molar-refractivity contribution is 5.98. The third-order valence-electron chi connectivity index (χ3n) is 7.31. The molecule has 4 N–H and O–H groups in total. The topological polar surface area (TPSA) is 132 Å². The number of likely N-dealkylation sites (tertiary alicyclic amines) is 1. The lowest BCUT2D eigenvalue weighted by atomic mass is 10.0. The maximum absolute atomic E-state index is 13.9. The highest BCUT2D eigenvalue weighted by Gasteiger charge is 2.37. The molecular weight excluding hydrogens is 520 g/mol. The van der Waals surface area contributed by atoms with Gasteiger partial charge in [-0.05, 0) is 51.7 Å². The zero-order valence-electron chi connectivity index (χ0n) is 24.1. The van der Waals surface area contributed by atoms with Crippen molar-refractivity contribution in [1.29, 1.82) is 0 Å². The van der Waals surface area contributed by atoms with E-state index in [-0.39, 0.29) is 37.0 Å². The van der Waals surface area contributed by atoms with Crippen LogP contribution in [0, 0.1) is 0 Å². The molecule has 10 nitrogen and oxygen atoms in total. The number of hydrogen-bond acceptors (Lipinski definition) is 6. The molecule has 218 valence electrons. The zero-order chi connectivity index (χ0) is 29.6. The molecule has 0 bridgehead atoms. The summed E-state index contributed by atoms with van der Waals surface area (Å²) >= 11 is 0. The number of anilines is 1. The Morgan fingerprint density at radius 1 is 1.02 bits per heavy atom. The molecule has 1 aliphatic heterocycles. The molecule has 0 spiro atoms. The molecule has 0 aliphatic carbocycles. The average Bonchev–Trinajstić information content (AvgIpc) is 3.53. The molecule has 3 amide bonds. The van der Waals surface area contributed by atoms with Gasteiger partial charge in [0.05, 0.1) is 25.1 Å². The van der Waals surface area contributed by atoms with E-state index in [9.17, 15) is 14.4 Å². The van der Waals surface area contributed by atoms with Gasteiger partial charge in [0.2, 0.25) is 5.91 Å². The Balaban J connectivity index is 1.52. The first-order valence-corrected chi connectivity index (χ1v) is 14.0. The number of nitrogens with zero attached hydrogens (tertiary/aromatic N) is 3. The molecule has 1 saturated heterocycles. The smallest absolute Gasteiger partial charge is 0.250 e. The lowest BCUT2D eigenvalue weighted by molar-refractivity contribution is -0.136. The van der Waals surface area contributed by atoms with Gasteiger partial charge in [0.25, 0.3) is 11.8 Å². The molecule has 4 atom stereocenters. The maximum Gasteiger partial charge on any atom is 0.250 e. The van der Waals surface area contributed by atoms with E-state index in [0.717, 1.165) is 24.0 Å². The summed E-state index contributed by atoms with van der Waals surface area (Å²) in [5.41, 5.74) is 6.53. The fraction of sp³-hybridized carbons (Fsp3) is 0.419. The number of ether oxygens (including phenoxy) is 1. The van der Waals surface area contributed by atoms with E-state index in [1.54, 1.807) is 30.9 Å². The number of nitrogens with one attached hydrogen (secondary N) is 2. The predicted octanol–water partition coefficient (Wildman–Crippen LogP) is 3.25. The largest absolute Gasteiger partial charge is 0.374 e. The number of hydrogen-bond donors (Lipinski definition) is 3. The second-order valence-corrected chi connectivity index (χ2v) is 11.3. The van der Waals surface area contributed by atoms with Crippen LogP contribution in [0.25, 0.3) is 0 Å². The summed E-state index contributed by atoms with van der Waals surface area (Å²) in [6, 6.07) is 17.7. The third-order valence-corrected chi connectivity index (χ3v) is 7.31. The van der Waals surface area contributed by atoms with Crippen LogP contribution < -0.4 is 16.4 Å². The number of aromatic nitrogens is 2.